The fraction of sp³-hybridized carbons (Fsp3) is 0.421. The van der Waals surface area contributed by atoms with Crippen molar-refractivity contribution < 1.29 is 9.53 Å². The van der Waals surface area contributed by atoms with Crippen LogP contribution in [0.4, 0.5) is 0 Å². The zero-order valence-corrected chi connectivity index (χ0v) is 13.0. The topological polar surface area (TPSA) is 29.5 Å². The third kappa shape index (κ3) is 2.12. The fourth-order valence-corrected chi connectivity index (χ4v) is 3.90. The van der Waals surface area contributed by atoms with Crippen molar-refractivity contribution in [3.05, 3.63) is 42.0 Å². The van der Waals surface area contributed by atoms with Gasteiger partial charge >= 0.3 is 0 Å². The van der Waals surface area contributed by atoms with Crippen molar-refractivity contribution in [3.63, 3.8) is 0 Å². The number of carbonyl (C=O) groups is 1. The molecule has 0 radical (unpaired) electrons. The Balaban J connectivity index is 1.81. The molecule has 2 aliphatic heterocycles. The van der Waals surface area contributed by atoms with E-state index in [1.54, 1.807) is 0 Å². The Bertz CT molecular complexity index is 739. The molecule has 0 saturated carbocycles. The molecule has 1 saturated heterocycles. The molecular weight excluding hydrogens is 274 g/mol. The van der Waals surface area contributed by atoms with Crippen LogP contribution in [0.5, 0.6) is 5.75 Å². The van der Waals surface area contributed by atoms with Gasteiger partial charge in [0.15, 0.2) is 5.78 Å². The summed E-state index contributed by atoms with van der Waals surface area (Å²) in [4.78, 5) is 15.1. The first-order valence-corrected chi connectivity index (χ1v) is 8.17. The lowest BCUT2D eigenvalue weighted by atomic mass is 9.83. The highest BCUT2D eigenvalue weighted by atomic mass is 16.5. The van der Waals surface area contributed by atoms with Crippen LogP contribution in [0, 0.1) is 0 Å². The molecule has 22 heavy (non-hydrogen) atoms. The van der Waals surface area contributed by atoms with E-state index in [9.17, 15) is 4.79 Å². The first-order valence-electron chi connectivity index (χ1n) is 8.17. The predicted molar refractivity (Wildman–Crippen MR) is 87.6 cm³/mol. The van der Waals surface area contributed by atoms with Crippen molar-refractivity contribution in [2.75, 3.05) is 19.6 Å². The molecule has 0 amide bonds. The van der Waals surface area contributed by atoms with Crippen LogP contribution < -0.4 is 4.74 Å². The maximum atomic E-state index is 12.7. The summed E-state index contributed by atoms with van der Waals surface area (Å²) in [6.45, 7) is 5.16. The molecule has 0 N–H and O–H groups in total. The molecule has 1 spiro atoms. The van der Waals surface area contributed by atoms with Gasteiger partial charge < -0.3 is 4.74 Å². The summed E-state index contributed by atoms with van der Waals surface area (Å²) in [5, 5.41) is 2.19. The third-order valence-electron chi connectivity index (χ3n) is 5.05. The molecule has 0 aliphatic carbocycles. The van der Waals surface area contributed by atoms with E-state index >= 15 is 0 Å². The highest BCUT2D eigenvalue weighted by Crippen LogP contribution is 2.42. The number of benzene rings is 2. The van der Waals surface area contributed by atoms with Crippen LogP contribution >= 0.6 is 0 Å². The van der Waals surface area contributed by atoms with E-state index in [2.05, 4.69) is 24.0 Å². The second kappa shape index (κ2) is 5.10. The number of ketones is 1. The van der Waals surface area contributed by atoms with E-state index in [1.807, 2.05) is 24.3 Å². The number of hydrogen-bond acceptors (Lipinski definition) is 3. The number of piperidine rings is 1. The summed E-state index contributed by atoms with van der Waals surface area (Å²) in [6, 6.07) is 12.1. The summed E-state index contributed by atoms with van der Waals surface area (Å²) in [5.74, 6) is 1.03. The number of rotatable bonds is 1. The molecular formula is C19H21NO2. The maximum Gasteiger partial charge on any atom is 0.170 e. The molecule has 1 fully saturated rings. The summed E-state index contributed by atoms with van der Waals surface area (Å²) < 4.78 is 6.51. The number of hydrogen-bond donors (Lipinski definition) is 0. The molecule has 2 heterocycles. The summed E-state index contributed by atoms with van der Waals surface area (Å²) in [7, 11) is 0. The van der Waals surface area contributed by atoms with Crippen LogP contribution in [0.15, 0.2) is 36.4 Å². The van der Waals surface area contributed by atoms with Gasteiger partial charge in [-0.25, -0.2) is 0 Å². The highest BCUT2D eigenvalue weighted by molar-refractivity contribution is 6.06. The lowest BCUT2D eigenvalue weighted by molar-refractivity contribution is -0.0153. The Morgan fingerprint density at radius 1 is 1.23 bits per heavy atom. The molecule has 4 rings (SSSR count). The van der Waals surface area contributed by atoms with Gasteiger partial charge in [-0.3, -0.25) is 9.69 Å². The second-order valence-electron chi connectivity index (χ2n) is 6.52. The molecule has 2 aromatic carbocycles. The first kappa shape index (κ1) is 13.8. The quantitative estimate of drug-likeness (QED) is 0.804. The highest BCUT2D eigenvalue weighted by Gasteiger charge is 2.43. The van der Waals surface area contributed by atoms with Gasteiger partial charge in [0.25, 0.3) is 0 Å². The van der Waals surface area contributed by atoms with Crippen molar-refractivity contribution in [1.82, 2.24) is 4.90 Å². The SMILES string of the molecule is CCN1CCC[C@]2(CC(=O)c3ccc4ccccc4c3O2)C1. The summed E-state index contributed by atoms with van der Waals surface area (Å²) in [6.07, 6.45) is 2.58. The largest absolute Gasteiger partial charge is 0.484 e. The van der Waals surface area contributed by atoms with Gasteiger partial charge in [0.05, 0.1) is 12.0 Å². The zero-order valence-electron chi connectivity index (χ0n) is 13.0. The van der Waals surface area contributed by atoms with Gasteiger partial charge in [-0.2, -0.15) is 0 Å². The lowest BCUT2D eigenvalue weighted by Crippen LogP contribution is -2.54. The van der Waals surface area contributed by atoms with Gasteiger partial charge in [-0.15, -0.1) is 0 Å². The van der Waals surface area contributed by atoms with Crippen LogP contribution in [0.2, 0.25) is 0 Å². The number of nitrogens with zero attached hydrogens (tertiary/aromatic N) is 1. The fourth-order valence-electron chi connectivity index (χ4n) is 3.90. The number of Topliss-reactive ketones (excluding diaryl/α,β-unsaturated/α-hetero) is 1. The van der Waals surface area contributed by atoms with Crippen molar-refractivity contribution in [2.45, 2.75) is 31.8 Å². The monoisotopic (exact) mass is 295 g/mol. The Morgan fingerprint density at radius 2 is 2.09 bits per heavy atom. The Morgan fingerprint density at radius 3 is 2.95 bits per heavy atom. The molecule has 2 aromatic rings. The lowest BCUT2D eigenvalue weighted by Gasteiger charge is -2.44. The van der Waals surface area contributed by atoms with Gasteiger partial charge in [-0.1, -0.05) is 37.3 Å². The molecule has 2 aliphatic rings. The Hall–Kier alpha value is -1.87. The van der Waals surface area contributed by atoms with E-state index < -0.39 is 0 Å². The number of likely N-dealkylation sites (tertiary alicyclic amines) is 1. The molecule has 1 atom stereocenters. The predicted octanol–water partition coefficient (Wildman–Crippen LogP) is 3.66. The third-order valence-corrected chi connectivity index (χ3v) is 5.05. The van der Waals surface area contributed by atoms with Crippen LogP contribution in [0.25, 0.3) is 10.8 Å². The molecule has 3 heteroatoms. The molecule has 3 nitrogen and oxygen atoms in total. The minimum Gasteiger partial charge on any atom is -0.484 e. The second-order valence-corrected chi connectivity index (χ2v) is 6.52. The smallest absolute Gasteiger partial charge is 0.170 e. The minimum absolute atomic E-state index is 0.227. The number of fused-ring (bicyclic) bond motifs is 3. The standard InChI is InChI=1S/C19H21NO2/c1-2-20-11-5-10-19(13-20)12-17(21)16-9-8-14-6-3-4-7-15(14)18(16)22-19/h3-4,6-9H,2,5,10-13H2,1H3/t19-/m0/s1. The van der Waals surface area contributed by atoms with E-state index in [-0.39, 0.29) is 11.4 Å². The van der Waals surface area contributed by atoms with Crippen molar-refractivity contribution in [1.29, 1.82) is 0 Å². The van der Waals surface area contributed by atoms with Crippen molar-refractivity contribution >= 4 is 16.6 Å². The summed E-state index contributed by atoms with van der Waals surface area (Å²) in [5.41, 5.74) is 0.417. The van der Waals surface area contributed by atoms with Crippen LogP contribution in [-0.2, 0) is 0 Å². The summed E-state index contributed by atoms with van der Waals surface area (Å²) >= 11 is 0. The van der Waals surface area contributed by atoms with Crippen molar-refractivity contribution in [3.8, 4) is 5.75 Å². The number of ether oxygens (including phenoxy) is 1. The molecule has 0 bridgehead atoms. The zero-order chi connectivity index (χ0) is 15.2. The molecule has 0 unspecified atom stereocenters. The Labute approximate surface area is 130 Å². The van der Waals surface area contributed by atoms with E-state index in [0.717, 1.165) is 54.6 Å². The van der Waals surface area contributed by atoms with E-state index in [4.69, 9.17) is 4.74 Å². The molecule has 0 aromatic heterocycles. The van der Waals surface area contributed by atoms with Crippen molar-refractivity contribution in [2.24, 2.45) is 0 Å². The van der Waals surface area contributed by atoms with E-state index in [0.29, 0.717) is 6.42 Å². The van der Waals surface area contributed by atoms with Gasteiger partial charge in [0.2, 0.25) is 0 Å². The van der Waals surface area contributed by atoms with Crippen LogP contribution in [-0.4, -0.2) is 35.9 Å². The maximum absolute atomic E-state index is 12.7. The first-order chi connectivity index (χ1) is 10.7. The van der Waals surface area contributed by atoms with Gasteiger partial charge in [-0.05, 0) is 37.4 Å². The number of likely N-dealkylation sites (N-methyl/N-ethyl adjacent to an activating group) is 1. The van der Waals surface area contributed by atoms with Crippen LogP contribution in [0.3, 0.4) is 0 Å². The molecule has 114 valence electrons. The normalized spacial score (nSPS) is 25.2. The van der Waals surface area contributed by atoms with Crippen LogP contribution in [0.1, 0.15) is 36.5 Å². The Kier molecular flexibility index (Phi) is 3.19. The average molecular weight is 295 g/mol. The number of carbonyl (C=O) groups excluding carboxylic acids is 1. The van der Waals surface area contributed by atoms with E-state index in [1.165, 1.54) is 0 Å². The van der Waals surface area contributed by atoms with Gasteiger partial charge in [0.1, 0.15) is 11.4 Å². The minimum atomic E-state index is -0.331. The average Bonchev–Trinajstić information content (AvgIpc) is 2.54. The van der Waals surface area contributed by atoms with Gasteiger partial charge in [0, 0.05) is 11.9 Å².